The highest BCUT2D eigenvalue weighted by atomic mass is 19.1. The molecular weight excluding hydrogens is 419 g/mol. The SMILES string of the molecule is O=c1c2c(ncn2Cc2cccc(F)c2)n(-c2ccccc2)c(=O)n1CCc1ccccc1. The van der Waals surface area contributed by atoms with Crippen molar-refractivity contribution in [1.82, 2.24) is 18.7 Å². The van der Waals surface area contributed by atoms with Crippen molar-refractivity contribution in [3.05, 3.63) is 129 Å². The van der Waals surface area contributed by atoms with Crippen LogP contribution in [-0.4, -0.2) is 18.7 Å². The van der Waals surface area contributed by atoms with E-state index in [2.05, 4.69) is 4.98 Å². The molecule has 6 nitrogen and oxygen atoms in total. The molecule has 5 aromatic rings. The molecule has 0 spiro atoms. The van der Waals surface area contributed by atoms with E-state index in [0.717, 1.165) is 5.56 Å². The Morgan fingerprint density at radius 3 is 2.24 bits per heavy atom. The maximum atomic E-state index is 13.7. The molecule has 0 aliphatic heterocycles. The van der Waals surface area contributed by atoms with Crippen LogP contribution >= 0.6 is 0 Å². The van der Waals surface area contributed by atoms with E-state index in [1.54, 1.807) is 28.8 Å². The van der Waals surface area contributed by atoms with E-state index in [-0.39, 0.29) is 24.6 Å². The van der Waals surface area contributed by atoms with Crippen LogP contribution in [0.5, 0.6) is 0 Å². The van der Waals surface area contributed by atoms with E-state index in [1.165, 1.54) is 27.6 Å². The van der Waals surface area contributed by atoms with Gasteiger partial charge in [0.25, 0.3) is 5.56 Å². The second kappa shape index (κ2) is 8.70. The maximum Gasteiger partial charge on any atom is 0.337 e. The number of para-hydroxylation sites is 1. The molecule has 0 unspecified atom stereocenters. The molecule has 0 amide bonds. The third kappa shape index (κ3) is 4.01. The molecule has 7 heteroatoms. The lowest BCUT2D eigenvalue weighted by Crippen LogP contribution is -2.40. The van der Waals surface area contributed by atoms with Gasteiger partial charge in [-0.25, -0.2) is 18.7 Å². The largest absolute Gasteiger partial charge is 0.337 e. The summed E-state index contributed by atoms with van der Waals surface area (Å²) in [5.41, 5.74) is 2.08. The first-order valence-corrected chi connectivity index (χ1v) is 10.7. The lowest BCUT2D eigenvalue weighted by Gasteiger charge is -2.13. The molecule has 2 aromatic heterocycles. The number of aromatic nitrogens is 4. The lowest BCUT2D eigenvalue weighted by molar-refractivity contribution is 0.614. The van der Waals surface area contributed by atoms with Crippen molar-refractivity contribution in [2.75, 3.05) is 0 Å². The van der Waals surface area contributed by atoms with Crippen LogP contribution in [0.25, 0.3) is 16.9 Å². The van der Waals surface area contributed by atoms with E-state index >= 15 is 0 Å². The highest BCUT2D eigenvalue weighted by molar-refractivity contribution is 5.72. The Labute approximate surface area is 188 Å². The smallest absolute Gasteiger partial charge is 0.320 e. The van der Waals surface area contributed by atoms with E-state index < -0.39 is 11.2 Å². The number of fused-ring (bicyclic) bond motifs is 1. The van der Waals surface area contributed by atoms with Crippen molar-refractivity contribution in [1.29, 1.82) is 0 Å². The summed E-state index contributed by atoms with van der Waals surface area (Å²) in [6.07, 6.45) is 2.06. The number of benzene rings is 3. The minimum Gasteiger partial charge on any atom is -0.320 e. The highest BCUT2D eigenvalue weighted by Crippen LogP contribution is 2.15. The first-order valence-electron chi connectivity index (χ1n) is 10.7. The maximum absolute atomic E-state index is 13.7. The van der Waals surface area contributed by atoms with Crippen LogP contribution in [0.4, 0.5) is 4.39 Å². The molecular formula is C26H21FN4O2. The second-order valence-corrected chi connectivity index (χ2v) is 7.82. The van der Waals surface area contributed by atoms with Gasteiger partial charge in [0.15, 0.2) is 11.2 Å². The first-order chi connectivity index (χ1) is 16.1. The first kappa shape index (κ1) is 20.6. The standard InChI is InChI=1S/C26H21FN4O2/c27-21-11-7-10-20(16-21)17-29-18-28-24-23(29)25(32)30(15-14-19-8-3-1-4-9-19)26(33)31(24)22-12-5-2-6-13-22/h1-13,16,18H,14-15,17H2. The van der Waals surface area contributed by atoms with Crippen molar-refractivity contribution in [3.8, 4) is 5.69 Å². The summed E-state index contributed by atoms with van der Waals surface area (Å²) in [7, 11) is 0. The Hall–Kier alpha value is -4.26. The number of rotatable bonds is 6. The van der Waals surface area contributed by atoms with Gasteiger partial charge in [0, 0.05) is 13.1 Å². The van der Waals surface area contributed by atoms with Crippen LogP contribution in [0.1, 0.15) is 11.1 Å². The molecule has 3 aromatic carbocycles. The fourth-order valence-corrected chi connectivity index (χ4v) is 4.02. The van der Waals surface area contributed by atoms with Gasteiger partial charge in [0.05, 0.1) is 12.0 Å². The zero-order valence-electron chi connectivity index (χ0n) is 17.8. The van der Waals surface area contributed by atoms with Gasteiger partial charge in [0.2, 0.25) is 0 Å². The fraction of sp³-hybridized carbons (Fsp3) is 0.115. The molecule has 0 aliphatic carbocycles. The van der Waals surface area contributed by atoms with Crippen LogP contribution in [0.2, 0.25) is 0 Å². The molecule has 164 valence electrons. The summed E-state index contributed by atoms with van der Waals surface area (Å²) in [4.78, 5) is 31.4. The number of hydrogen-bond acceptors (Lipinski definition) is 3. The van der Waals surface area contributed by atoms with E-state index in [0.29, 0.717) is 23.2 Å². The molecule has 0 radical (unpaired) electrons. The molecule has 2 heterocycles. The third-order valence-electron chi connectivity index (χ3n) is 5.62. The molecule has 0 saturated heterocycles. The lowest BCUT2D eigenvalue weighted by atomic mass is 10.1. The van der Waals surface area contributed by atoms with Crippen molar-refractivity contribution in [3.63, 3.8) is 0 Å². The Morgan fingerprint density at radius 2 is 1.52 bits per heavy atom. The highest BCUT2D eigenvalue weighted by Gasteiger charge is 2.19. The quantitative estimate of drug-likeness (QED) is 0.404. The predicted molar refractivity (Wildman–Crippen MR) is 125 cm³/mol. The molecule has 0 atom stereocenters. The van der Waals surface area contributed by atoms with Crippen molar-refractivity contribution < 1.29 is 4.39 Å². The molecule has 0 fully saturated rings. The number of nitrogens with zero attached hydrogens (tertiary/aromatic N) is 4. The molecule has 0 N–H and O–H groups in total. The Morgan fingerprint density at radius 1 is 0.818 bits per heavy atom. The fourth-order valence-electron chi connectivity index (χ4n) is 4.02. The Bertz CT molecular complexity index is 1540. The minimum atomic E-state index is -0.439. The monoisotopic (exact) mass is 440 g/mol. The molecule has 5 rings (SSSR count). The van der Waals surface area contributed by atoms with E-state index in [4.69, 9.17) is 0 Å². The minimum absolute atomic E-state index is 0.232. The van der Waals surface area contributed by atoms with Gasteiger partial charge in [-0.3, -0.25) is 9.36 Å². The summed E-state index contributed by atoms with van der Waals surface area (Å²) >= 11 is 0. The van der Waals surface area contributed by atoms with Crippen molar-refractivity contribution >= 4 is 11.2 Å². The summed E-state index contributed by atoms with van der Waals surface area (Å²) in [5, 5.41) is 0. The summed E-state index contributed by atoms with van der Waals surface area (Å²) in [6, 6.07) is 25.1. The molecule has 33 heavy (non-hydrogen) atoms. The molecule has 0 saturated carbocycles. The van der Waals surface area contributed by atoms with Gasteiger partial charge < -0.3 is 4.57 Å². The van der Waals surface area contributed by atoms with Gasteiger partial charge in [0.1, 0.15) is 5.82 Å². The van der Waals surface area contributed by atoms with Gasteiger partial charge in [-0.15, -0.1) is 0 Å². The van der Waals surface area contributed by atoms with Gasteiger partial charge >= 0.3 is 5.69 Å². The predicted octanol–water partition coefficient (Wildman–Crippen LogP) is 3.78. The average Bonchev–Trinajstić information content (AvgIpc) is 3.23. The van der Waals surface area contributed by atoms with Crippen LogP contribution in [0.15, 0.2) is 101 Å². The van der Waals surface area contributed by atoms with Crippen LogP contribution in [0, 0.1) is 5.82 Å². The van der Waals surface area contributed by atoms with Crippen LogP contribution in [-0.2, 0) is 19.5 Å². The molecule has 0 bridgehead atoms. The van der Waals surface area contributed by atoms with Gasteiger partial charge in [-0.05, 0) is 41.8 Å². The summed E-state index contributed by atoms with van der Waals surface area (Å²) in [6.45, 7) is 0.491. The van der Waals surface area contributed by atoms with Crippen LogP contribution in [0.3, 0.4) is 0 Å². The zero-order chi connectivity index (χ0) is 22.8. The zero-order valence-corrected chi connectivity index (χ0v) is 17.8. The Balaban J connectivity index is 1.68. The van der Waals surface area contributed by atoms with Crippen LogP contribution < -0.4 is 11.2 Å². The second-order valence-electron chi connectivity index (χ2n) is 7.82. The number of hydrogen-bond donors (Lipinski definition) is 0. The average molecular weight is 440 g/mol. The normalized spacial score (nSPS) is 11.2. The topological polar surface area (TPSA) is 61.8 Å². The number of aryl methyl sites for hydroxylation is 1. The molecule has 0 aliphatic rings. The summed E-state index contributed by atoms with van der Waals surface area (Å²) < 4.78 is 18.1. The van der Waals surface area contributed by atoms with Crippen molar-refractivity contribution in [2.45, 2.75) is 19.5 Å². The van der Waals surface area contributed by atoms with Gasteiger partial charge in [-0.2, -0.15) is 0 Å². The third-order valence-corrected chi connectivity index (χ3v) is 5.62. The Kier molecular flexibility index (Phi) is 5.44. The number of imidazole rings is 1. The van der Waals surface area contributed by atoms with E-state index in [9.17, 15) is 14.0 Å². The summed E-state index contributed by atoms with van der Waals surface area (Å²) in [5.74, 6) is -0.349. The van der Waals surface area contributed by atoms with Crippen molar-refractivity contribution in [2.24, 2.45) is 0 Å². The van der Waals surface area contributed by atoms with Gasteiger partial charge in [-0.1, -0.05) is 60.7 Å². The number of halogens is 1. The van der Waals surface area contributed by atoms with E-state index in [1.807, 2.05) is 48.5 Å².